The molecule has 0 aromatic carbocycles. The fraction of sp³-hybridized carbons (Fsp3) is 0.500. The van der Waals surface area contributed by atoms with Crippen molar-refractivity contribution in [3.05, 3.63) is 18.1 Å². The molecule has 0 spiro atoms. The van der Waals surface area contributed by atoms with E-state index in [1.54, 1.807) is 6.92 Å². The molecule has 4 N–H and O–H groups in total. The average Bonchev–Trinajstić information content (AvgIpc) is 2.35. The first-order chi connectivity index (χ1) is 9.02. The molecule has 1 aromatic heterocycles. The van der Waals surface area contributed by atoms with E-state index in [4.69, 9.17) is 5.73 Å². The van der Waals surface area contributed by atoms with Crippen LogP contribution < -0.4 is 16.4 Å². The Morgan fingerprint density at radius 3 is 2.63 bits per heavy atom. The molecule has 1 rings (SSSR count). The first-order valence-electron chi connectivity index (χ1n) is 6.18. The molecule has 7 nitrogen and oxygen atoms in total. The van der Waals surface area contributed by atoms with Gasteiger partial charge in [-0.15, -0.1) is 0 Å². The Hall–Kier alpha value is -2.18. The van der Waals surface area contributed by atoms with E-state index in [0.29, 0.717) is 5.82 Å². The third-order valence-electron chi connectivity index (χ3n) is 2.33. The van der Waals surface area contributed by atoms with Crippen molar-refractivity contribution in [2.45, 2.75) is 32.7 Å². The highest BCUT2D eigenvalue weighted by Crippen LogP contribution is 2.02. The lowest BCUT2D eigenvalue weighted by atomic mass is 10.2. The van der Waals surface area contributed by atoms with Gasteiger partial charge >= 0.3 is 0 Å². The minimum atomic E-state index is -0.460. The predicted molar refractivity (Wildman–Crippen MR) is 71.6 cm³/mol. The molecule has 0 fully saturated rings. The molecule has 0 saturated carbocycles. The van der Waals surface area contributed by atoms with Crippen molar-refractivity contribution >= 4 is 17.6 Å². The number of aromatic nitrogens is 2. The van der Waals surface area contributed by atoms with Gasteiger partial charge in [0.25, 0.3) is 5.91 Å². The first-order valence-corrected chi connectivity index (χ1v) is 6.18. The zero-order valence-electron chi connectivity index (χ0n) is 11.1. The fourth-order valence-electron chi connectivity index (χ4n) is 1.44. The number of nitrogens with zero attached hydrogens (tertiary/aromatic N) is 2. The molecule has 2 amide bonds. The molecule has 0 saturated heterocycles. The lowest BCUT2D eigenvalue weighted by Gasteiger charge is -2.11. The van der Waals surface area contributed by atoms with Crippen LogP contribution in [-0.4, -0.2) is 34.4 Å². The number of carbonyl (C=O) groups excluding carboxylic acids is 2. The molecule has 104 valence electrons. The molecule has 1 unspecified atom stereocenters. The van der Waals surface area contributed by atoms with Crippen molar-refractivity contribution < 1.29 is 9.59 Å². The summed E-state index contributed by atoms with van der Waals surface area (Å²) >= 11 is 0. The fourth-order valence-corrected chi connectivity index (χ4v) is 1.44. The van der Waals surface area contributed by atoms with Crippen LogP contribution in [-0.2, 0) is 4.79 Å². The Balaban J connectivity index is 2.55. The number of primary amides is 1. The second-order valence-corrected chi connectivity index (χ2v) is 4.26. The standard InChI is InChI=1S/C12H19N5O2/c1-3-4-14-11-7-15-9(6-16-11)12(19)17-8(2)5-10(13)18/h6-8H,3-5H2,1-2H3,(H2,13,18)(H,14,16)(H,17,19). The Labute approximate surface area is 112 Å². The molecule has 19 heavy (non-hydrogen) atoms. The van der Waals surface area contributed by atoms with E-state index >= 15 is 0 Å². The van der Waals surface area contributed by atoms with Gasteiger partial charge in [-0.3, -0.25) is 9.59 Å². The number of hydrogen-bond acceptors (Lipinski definition) is 5. The molecule has 0 aliphatic rings. The molecule has 0 aliphatic heterocycles. The van der Waals surface area contributed by atoms with E-state index in [0.717, 1.165) is 13.0 Å². The topological polar surface area (TPSA) is 110 Å². The Kier molecular flexibility index (Phi) is 5.72. The van der Waals surface area contributed by atoms with Crippen molar-refractivity contribution in [3.63, 3.8) is 0 Å². The van der Waals surface area contributed by atoms with E-state index in [1.165, 1.54) is 12.4 Å². The molecule has 1 aromatic rings. The van der Waals surface area contributed by atoms with E-state index in [-0.39, 0.29) is 24.1 Å². The van der Waals surface area contributed by atoms with Crippen LogP contribution in [0.25, 0.3) is 0 Å². The first kappa shape index (κ1) is 14.9. The van der Waals surface area contributed by atoms with Gasteiger partial charge in [-0.2, -0.15) is 0 Å². The van der Waals surface area contributed by atoms with Crippen molar-refractivity contribution in [1.82, 2.24) is 15.3 Å². The maximum atomic E-state index is 11.8. The summed E-state index contributed by atoms with van der Waals surface area (Å²) in [5, 5.41) is 5.69. The largest absolute Gasteiger partial charge is 0.370 e. The van der Waals surface area contributed by atoms with Gasteiger partial charge in [-0.05, 0) is 13.3 Å². The molecular formula is C12H19N5O2. The van der Waals surface area contributed by atoms with Gasteiger partial charge in [-0.1, -0.05) is 6.92 Å². The Bertz CT molecular complexity index is 432. The van der Waals surface area contributed by atoms with Crippen molar-refractivity contribution in [3.8, 4) is 0 Å². The molecule has 7 heteroatoms. The third kappa shape index (κ3) is 5.33. The van der Waals surface area contributed by atoms with Crippen LogP contribution >= 0.6 is 0 Å². The van der Waals surface area contributed by atoms with Crippen LogP contribution in [0.3, 0.4) is 0 Å². The Morgan fingerprint density at radius 2 is 2.11 bits per heavy atom. The number of hydrogen-bond donors (Lipinski definition) is 3. The lowest BCUT2D eigenvalue weighted by molar-refractivity contribution is -0.118. The van der Waals surface area contributed by atoms with Crippen LogP contribution in [0.1, 0.15) is 37.2 Å². The highest BCUT2D eigenvalue weighted by atomic mass is 16.2. The molecule has 1 atom stereocenters. The van der Waals surface area contributed by atoms with Crippen LogP contribution in [0.2, 0.25) is 0 Å². The summed E-state index contributed by atoms with van der Waals surface area (Å²) in [7, 11) is 0. The highest BCUT2D eigenvalue weighted by molar-refractivity contribution is 5.92. The number of nitrogens with one attached hydrogen (secondary N) is 2. The predicted octanol–water partition coefficient (Wildman–Crippen LogP) is 0.292. The third-order valence-corrected chi connectivity index (χ3v) is 2.33. The minimum Gasteiger partial charge on any atom is -0.370 e. The SMILES string of the molecule is CCCNc1cnc(C(=O)NC(C)CC(N)=O)cn1. The van der Waals surface area contributed by atoms with Gasteiger partial charge in [0, 0.05) is 19.0 Å². The van der Waals surface area contributed by atoms with Crippen LogP contribution in [0, 0.1) is 0 Å². The zero-order valence-corrected chi connectivity index (χ0v) is 11.1. The summed E-state index contributed by atoms with van der Waals surface area (Å²) in [6, 6.07) is -0.329. The number of anilines is 1. The van der Waals surface area contributed by atoms with Crippen molar-refractivity contribution in [2.75, 3.05) is 11.9 Å². The maximum Gasteiger partial charge on any atom is 0.271 e. The summed E-state index contributed by atoms with van der Waals surface area (Å²) < 4.78 is 0. The molecular weight excluding hydrogens is 246 g/mol. The van der Waals surface area contributed by atoms with Gasteiger partial charge in [-0.25, -0.2) is 9.97 Å². The summed E-state index contributed by atoms with van der Waals surface area (Å²) in [6.45, 7) is 4.55. The summed E-state index contributed by atoms with van der Waals surface area (Å²) in [4.78, 5) is 30.6. The molecule has 0 bridgehead atoms. The summed E-state index contributed by atoms with van der Waals surface area (Å²) in [6.07, 6.45) is 3.97. The summed E-state index contributed by atoms with van der Waals surface area (Å²) in [5.74, 6) is -0.204. The lowest BCUT2D eigenvalue weighted by Crippen LogP contribution is -2.36. The number of nitrogens with two attached hydrogens (primary N) is 1. The highest BCUT2D eigenvalue weighted by Gasteiger charge is 2.13. The Morgan fingerprint density at radius 1 is 1.37 bits per heavy atom. The van der Waals surface area contributed by atoms with Gasteiger partial charge in [0.05, 0.1) is 12.4 Å². The van der Waals surface area contributed by atoms with E-state index in [2.05, 4.69) is 20.6 Å². The molecule has 1 heterocycles. The van der Waals surface area contributed by atoms with Gasteiger partial charge in [0.15, 0.2) is 0 Å². The second-order valence-electron chi connectivity index (χ2n) is 4.26. The number of rotatable bonds is 7. The van der Waals surface area contributed by atoms with E-state index < -0.39 is 5.91 Å². The van der Waals surface area contributed by atoms with Crippen LogP contribution in [0.15, 0.2) is 12.4 Å². The number of amides is 2. The van der Waals surface area contributed by atoms with Crippen molar-refractivity contribution in [2.24, 2.45) is 5.73 Å². The zero-order chi connectivity index (χ0) is 14.3. The minimum absolute atomic E-state index is 0.0926. The molecule has 0 aliphatic carbocycles. The maximum absolute atomic E-state index is 11.8. The summed E-state index contributed by atoms with van der Waals surface area (Å²) in [5.41, 5.74) is 5.25. The average molecular weight is 265 g/mol. The smallest absolute Gasteiger partial charge is 0.271 e. The normalized spacial score (nSPS) is 11.7. The number of carbonyl (C=O) groups is 2. The van der Waals surface area contributed by atoms with Crippen LogP contribution in [0.5, 0.6) is 0 Å². The van der Waals surface area contributed by atoms with Crippen LogP contribution in [0.4, 0.5) is 5.82 Å². The van der Waals surface area contributed by atoms with Crippen molar-refractivity contribution in [1.29, 1.82) is 0 Å². The van der Waals surface area contributed by atoms with E-state index in [9.17, 15) is 9.59 Å². The molecule has 0 radical (unpaired) electrons. The van der Waals surface area contributed by atoms with Gasteiger partial charge in [0.2, 0.25) is 5.91 Å². The second kappa shape index (κ2) is 7.30. The quantitative estimate of drug-likeness (QED) is 0.656. The van der Waals surface area contributed by atoms with Gasteiger partial charge < -0.3 is 16.4 Å². The van der Waals surface area contributed by atoms with Gasteiger partial charge in [0.1, 0.15) is 11.5 Å². The monoisotopic (exact) mass is 265 g/mol. The van der Waals surface area contributed by atoms with E-state index in [1.807, 2.05) is 6.92 Å².